The highest BCUT2D eigenvalue weighted by atomic mass is 32.1. The number of nitrogens with zero attached hydrogens (tertiary/aromatic N) is 4. The van der Waals surface area contributed by atoms with E-state index in [9.17, 15) is 9.90 Å². The largest absolute Gasteiger partial charge is 0.493 e. The van der Waals surface area contributed by atoms with Gasteiger partial charge in [0, 0.05) is 44.5 Å². The minimum atomic E-state index is -0.215. The summed E-state index contributed by atoms with van der Waals surface area (Å²) >= 11 is 0.988. The zero-order valence-corrected chi connectivity index (χ0v) is 17.3. The van der Waals surface area contributed by atoms with Gasteiger partial charge in [-0.3, -0.25) is 9.36 Å². The third kappa shape index (κ3) is 3.34. The van der Waals surface area contributed by atoms with Crippen LogP contribution in [-0.4, -0.2) is 35.9 Å². The number of benzene rings is 2. The van der Waals surface area contributed by atoms with Crippen LogP contribution in [0, 0.1) is 0 Å². The highest BCUT2D eigenvalue weighted by molar-refractivity contribution is 7.10. The quantitative estimate of drug-likeness (QED) is 0.676. The Labute approximate surface area is 177 Å². The van der Waals surface area contributed by atoms with Crippen molar-refractivity contribution < 1.29 is 5.11 Å². The number of rotatable bonds is 3. The summed E-state index contributed by atoms with van der Waals surface area (Å²) in [4.78, 5) is 14.4. The SMILES string of the molecule is Cn1c(O)c(/C=C2\N=Nc3ccc(-c4ccc(N5CCNCC5)cc4)cc32)sc1=O. The lowest BCUT2D eigenvalue weighted by atomic mass is 10.00. The molecule has 0 atom stereocenters. The summed E-state index contributed by atoms with van der Waals surface area (Å²) in [6.07, 6.45) is 1.72. The van der Waals surface area contributed by atoms with Crippen molar-refractivity contribution in [3.63, 3.8) is 0 Å². The predicted molar refractivity (Wildman–Crippen MR) is 121 cm³/mol. The third-order valence-electron chi connectivity index (χ3n) is 5.50. The highest BCUT2D eigenvalue weighted by Gasteiger charge is 2.18. The fraction of sp³-hybridized carbons (Fsp3) is 0.227. The molecule has 2 N–H and O–H groups in total. The number of aromatic hydroxyl groups is 1. The van der Waals surface area contributed by atoms with Gasteiger partial charge < -0.3 is 15.3 Å². The van der Waals surface area contributed by atoms with E-state index < -0.39 is 0 Å². The molecule has 0 aliphatic carbocycles. The second-order valence-electron chi connectivity index (χ2n) is 7.36. The molecule has 8 heteroatoms. The number of aromatic nitrogens is 1. The van der Waals surface area contributed by atoms with Crippen LogP contribution in [0.25, 0.3) is 22.9 Å². The van der Waals surface area contributed by atoms with E-state index in [1.54, 1.807) is 13.1 Å². The standard InChI is InChI=1S/C22H21N5O2S/c1-26-21(28)20(30-22(26)29)13-19-17-12-15(4-7-18(17)24-25-19)14-2-5-16(6-3-14)27-10-8-23-9-11-27/h2-7,12-13,23,28H,8-11H2,1H3/b19-13-. The normalized spacial score (nSPS) is 17.0. The molecule has 5 rings (SSSR count). The minimum absolute atomic E-state index is 0.0548. The van der Waals surface area contributed by atoms with Gasteiger partial charge in [-0.05, 0) is 41.5 Å². The van der Waals surface area contributed by atoms with Crippen LogP contribution in [0.15, 0.2) is 57.5 Å². The van der Waals surface area contributed by atoms with Crippen LogP contribution in [0.3, 0.4) is 0 Å². The van der Waals surface area contributed by atoms with E-state index >= 15 is 0 Å². The number of anilines is 1. The molecule has 0 amide bonds. The molecule has 7 nitrogen and oxygen atoms in total. The molecule has 0 unspecified atom stereocenters. The molecule has 0 spiro atoms. The Morgan fingerprint density at radius 3 is 2.50 bits per heavy atom. The van der Waals surface area contributed by atoms with E-state index in [1.165, 1.54) is 10.3 Å². The Kier molecular flexibility index (Phi) is 4.72. The molecule has 1 fully saturated rings. The second-order valence-corrected chi connectivity index (χ2v) is 8.35. The van der Waals surface area contributed by atoms with Crippen molar-refractivity contribution in [2.75, 3.05) is 31.1 Å². The van der Waals surface area contributed by atoms with Gasteiger partial charge in [-0.2, -0.15) is 0 Å². The Balaban J connectivity index is 1.45. The predicted octanol–water partition coefficient (Wildman–Crippen LogP) is 3.82. The zero-order valence-electron chi connectivity index (χ0n) is 16.5. The lowest BCUT2D eigenvalue weighted by molar-refractivity contribution is 0.428. The molecule has 3 aromatic rings. The van der Waals surface area contributed by atoms with Gasteiger partial charge in [-0.15, -0.1) is 10.2 Å². The maximum absolute atomic E-state index is 11.8. The van der Waals surface area contributed by atoms with Crippen LogP contribution in [0.1, 0.15) is 10.4 Å². The monoisotopic (exact) mass is 419 g/mol. The number of azo groups is 1. The fourth-order valence-electron chi connectivity index (χ4n) is 3.74. The van der Waals surface area contributed by atoms with Gasteiger partial charge in [0.05, 0.1) is 16.3 Å². The van der Waals surface area contributed by atoms with E-state index in [1.807, 2.05) is 12.1 Å². The van der Waals surface area contributed by atoms with Crippen molar-refractivity contribution >= 4 is 34.5 Å². The van der Waals surface area contributed by atoms with Crippen molar-refractivity contribution in [3.05, 3.63) is 62.6 Å². The van der Waals surface area contributed by atoms with Crippen molar-refractivity contribution in [3.8, 4) is 17.0 Å². The van der Waals surface area contributed by atoms with Gasteiger partial charge in [0.25, 0.3) is 0 Å². The Morgan fingerprint density at radius 1 is 1.07 bits per heavy atom. The molecule has 0 radical (unpaired) electrons. The van der Waals surface area contributed by atoms with Crippen LogP contribution in [0.2, 0.25) is 0 Å². The van der Waals surface area contributed by atoms with Gasteiger partial charge >= 0.3 is 4.87 Å². The van der Waals surface area contributed by atoms with Crippen molar-refractivity contribution in [1.82, 2.24) is 9.88 Å². The first-order valence-corrected chi connectivity index (χ1v) is 10.6. The molecule has 30 heavy (non-hydrogen) atoms. The fourth-order valence-corrected chi connectivity index (χ4v) is 4.55. The summed E-state index contributed by atoms with van der Waals surface area (Å²) in [6, 6.07) is 14.7. The first kappa shape index (κ1) is 18.8. The van der Waals surface area contributed by atoms with Crippen LogP contribution < -0.4 is 15.1 Å². The van der Waals surface area contributed by atoms with E-state index in [0.29, 0.717) is 10.6 Å². The molecule has 2 aliphatic rings. The molecule has 1 saturated heterocycles. The van der Waals surface area contributed by atoms with Crippen LogP contribution in [-0.2, 0) is 7.05 Å². The highest BCUT2D eigenvalue weighted by Crippen LogP contribution is 2.40. The van der Waals surface area contributed by atoms with Crippen LogP contribution >= 0.6 is 11.3 Å². The van der Waals surface area contributed by atoms with E-state index in [-0.39, 0.29) is 10.8 Å². The molecule has 0 saturated carbocycles. The van der Waals surface area contributed by atoms with Gasteiger partial charge in [-0.1, -0.05) is 29.5 Å². The molecule has 0 bridgehead atoms. The number of fused-ring (bicyclic) bond motifs is 1. The maximum atomic E-state index is 11.8. The van der Waals surface area contributed by atoms with Gasteiger partial charge in [-0.25, -0.2) is 0 Å². The average molecular weight is 420 g/mol. The van der Waals surface area contributed by atoms with E-state index in [4.69, 9.17) is 0 Å². The lowest BCUT2D eigenvalue weighted by Crippen LogP contribution is -2.43. The van der Waals surface area contributed by atoms with Crippen LogP contribution in [0.4, 0.5) is 11.4 Å². The van der Waals surface area contributed by atoms with Crippen molar-refractivity contribution in [2.45, 2.75) is 0 Å². The Hall–Kier alpha value is -3.23. The number of hydrogen-bond acceptors (Lipinski definition) is 7. The van der Waals surface area contributed by atoms with Crippen LogP contribution in [0.5, 0.6) is 5.88 Å². The third-order valence-corrected chi connectivity index (χ3v) is 6.47. The lowest BCUT2D eigenvalue weighted by Gasteiger charge is -2.29. The number of thiazole rings is 1. The molecule has 3 heterocycles. The summed E-state index contributed by atoms with van der Waals surface area (Å²) in [7, 11) is 1.54. The molecule has 2 aromatic carbocycles. The number of piperazine rings is 1. The molecule has 2 aliphatic heterocycles. The van der Waals surface area contributed by atoms with Gasteiger partial charge in [0.15, 0.2) is 0 Å². The average Bonchev–Trinajstić information content (AvgIpc) is 3.30. The number of nitrogens with one attached hydrogen (secondary N) is 1. The maximum Gasteiger partial charge on any atom is 0.310 e. The Morgan fingerprint density at radius 2 is 1.80 bits per heavy atom. The molecule has 152 valence electrons. The van der Waals surface area contributed by atoms with Crippen molar-refractivity contribution in [2.24, 2.45) is 17.3 Å². The topological polar surface area (TPSA) is 82.2 Å². The summed E-state index contributed by atoms with van der Waals surface area (Å²) in [6.45, 7) is 4.07. The second kappa shape index (κ2) is 7.55. The van der Waals surface area contributed by atoms with E-state index in [0.717, 1.165) is 59.9 Å². The summed E-state index contributed by atoms with van der Waals surface area (Å²) in [5.74, 6) is -0.0548. The first-order chi connectivity index (χ1) is 14.6. The summed E-state index contributed by atoms with van der Waals surface area (Å²) < 4.78 is 1.22. The molecular weight excluding hydrogens is 398 g/mol. The van der Waals surface area contributed by atoms with Gasteiger partial charge in [0.2, 0.25) is 5.88 Å². The Bertz CT molecular complexity index is 1220. The zero-order chi connectivity index (χ0) is 20.7. The molecular formula is C22H21N5O2S. The van der Waals surface area contributed by atoms with E-state index in [2.05, 4.69) is 50.8 Å². The van der Waals surface area contributed by atoms with Gasteiger partial charge in [0.1, 0.15) is 0 Å². The summed E-state index contributed by atoms with van der Waals surface area (Å²) in [5.41, 5.74) is 5.74. The summed E-state index contributed by atoms with van der Waals surface area (Å²) in [5, 5.41) is 22.0. The van der Waals surface area contributed by atoms with Crippen molar-refractivity contribution in [1.29, 1.82) is 0 Å². The first-order valence-electron chi connectivity index (χ1n) is 9.83. The number of hydrogen-bond donors (Lipinski definition) is 2. The minimum Gasteiger partial charge on any atom is -0.493 e. The molecule has 1 aromatic heterocycles. The smallest absolute Gasteiger partial charge is 0.310 e.